The van der Waals surface area contributed by atoms with E-state index in [0.29, 0.717) is 5.92 Å². The van der Waals surface area contributed by atoms with Gasteiger partial charge in [0.1, 0.15) is 6.10 Å². The van der Waals surface area contributed by atoms with Crippen molar-refractivity contribution in [3.63, 3.8) is 0 Å². The molecule has 114 valence electrons. The Hall–Kier alpha value is -1.04. The van der Waals surface area contributed by atoms with Gasteiger partial charge in [0.2, 0.25) is 0 Å². The lowest BCUT2D eigenvalue weighted by molar-refractivity contribution is -0.00462. The molecule has 20 heavy (non-hydrogen) atoms. The standard InChI is InChI=1S/C15H23F2NO2/c1-10(2)7-11-3-5-12(6-4-11)13(19)8-18-9-14(20)15(16)17/h3-6,10,13-15,18-20H,7-9H2,1-2H3. The predicted octanol–water partition coefficient (Wildman–Crippen LogP) is 2.13. The summed E-state index contributed by atoms with van der Waals surface area (Å²) in [6, 6.07) is 7.61. The van der Waals surface area contributed by atoms with Crippen molar-refractivity contribution in [3.05, 3.63) is 35.4 Å². The van der Waals surface area contributed by atoms with Crippen LogP contribution in [0.1, 0.15) is 31.1 Å². The van der Waals surface area contributed by atoms with Crippen molar-refractivity contribution in [1.82, 2.24) is 5.32 Å². The van der Waals surface area contributed by atoms with E-state index in [0.717, 1.165) is 12.0 Å². The average Bonchev–Trinajstić information content (AvgIpc) is 2.38. The third-order valence-corrected chi connectivity index (χ3v) is 2.99. The van der Waals surface area contributed by atoms with E-state index in [9.17, 15) is 13.9 Å². The van der Waals surface area contributed by atoms with Gasteiger partial charge in [-0.25, -0.2) is 8.78 Å². The van der Waals surface area contributed by atoms with Crippen LogP contribution in [-0.4, -0.2) is 35.8 Å². The molecule has 0 heterocycles. The lowest BCUT2D eigenvalue weighted by Gasteiger charge is -2.15. The lowest BCUT2D eigenvalue weighted by Crippen LogP contribution is -2.34. The van der Waals surface area contributed by atoms with Crippen LogP contribution in [0.4, 0.5) is 8.78 Å². The number of rotatable bonds is 8. The molecule has 0 saturated carbocycles. The highest BCUT2D eigenvalue weighted by Gasteiger charge is 2.16. The SMILES string of the molecule is CC(C)Cc1ccc(C(O)CNCC(O)C(F)F)cc1. The van der Waals surface area contributed by atoms with Gasteiger partial charge in [0.05, 0.1) is 6.10 Å². The van der Waals surface area contributed by atoms with Gasteiger partial charge in [-0.1, -0.05) is 38.1 Å². The smallest absolute Gasteiger partial charge is 0.265 e. The molecule has 5 heteroatoms. The van der Waals surface area contributed by atoms with Gasteiger partial charge in [-0.3, -0.25) is 0 Å². The molecule has 3 nitrogen and oxygen atoms in total. The molecule has 1 rings (SSSR count). The maximum atomic E-state index is 12.1. The second kappa shape index (κ2) is 8.29. The fourth-order valence-electron chi connectivity index (χ4n) is 1.92. The largest absolute Gasteiger partial charge is 0.387 e. The van der Waals surface area contributed by atoms with Crippen molar-refractivity contribution in [2.24, 2.45) is 5.92 Å². The van der Waals surface area contributed by atoms with Gasteiger partial charge in [0.15, 0.2) is 0 Å². The molecule has 1 aromatic rings. The van der Waals surface area contributed by atoms with Gasteiger partial charge in [0, 0.05) is 13.1 Å². The first-order valence-corrected chi connectivity index (χ1v) is 6.84. The zero-order valence-corrected chi connectivity index (χ0v) is 11.9. The second-order valence-corrected chi connectivity index (χ2v) is 5.42. The van der Waals surface area contributed by atoms with Gasteiger partial charge in [-0.15, -0.1) is 0 Å². The fourth-order valence-corrected chi connectivity index (χ4v) is 1.92. The molecule has 0 fully saturated rings. The first-order chi connectivity index (χ1) is 9.40. The maximum Gasteiger partial charge on any atom is 0.265 e. The van der Waals surface area contributed by atoms with E-state index in [1.807, 2.05) is 24.3 Å². The molecular weight excluding hydrogens is 264 g/mol. The molecule has 0 spiro atoms. The fraction of sp³-hybridized carbons (Fsp3) is 0.600. The summed E-state index contributed by atoms with van der Waals surface area (Å²) in [5, 5.41) is 21.5. The summed E-state index contributed by atoms with van der Waals surface area (Å²) in [6.07, 6.45) is -4.26. The summed E-state index contributed by atoms with van der Waals surface area (Å²) in [5.74, 6) is 0.572. The molecule has 0 saturated heterocycles. The van der Waals surface area contributed by atoms with Crippen LogP contribution in [0.5, 0.6) is 0 Å². The highest BCUT2D eigenvalue weighted by atomic mass is 19.3. The molecular formula is C15H23F2NO2. The van der Waals surface area contributed by atoms with Gasteiger partial charge in [-0.05, 0) is 23.5 Å². The Balaban J connectivity index is 2.41. The maximum absolute atomic E-state index is 12.1. The number of aliphatic hydroxyl groups is 2. The Kier molecular flexibility index (Phi) is 7.05. The molecule has 3 N–H and O–H groups in total. The van der Waals surface area contributed by atoms with E-state index in [2.05, 4.69) is 19.2 Å². The first-order valence-electron chi connectivity index (χ1n) is 6.84. The molecule has 0 aliphatic carbocycles. The molecule has 0 bridgehead atoms. The van der Waals surface area contributed by atoms with Crippen LogP contribution in [0.3, 0.4) is 0 Å². The molecule has 2 unspecified atom stereocenters. The Morgan fingerprint density at radius 3 is 2.15 bits per heavy atom. The van der Waals surface area contributed by atoms with E-state index in [-0.39, 0.29) is 13.1 Å². The number of alkyl halides is 2. The summed E-state index contributed by atoms with van der Waals surface area (Å²) >= 11 is 0. The zero-order chi connectivity index (χ0) is 15.1. The molecule has 2 atom stereocenters. The van der Waals surface area contributed by atoms with Crippen LogP contribution < -0.4 is 5.32 Å². The van der Waals surface area contributed by atoms with Crippen molar-refractivity contribution >= 4 is 0 Å². The Bertz CT molecular complexity index is 382. The summed E-state index contributed by atoms with van der Waals surface area (Å²) < 4.78 is 24.1. The van der Waals surface area contributed by atoms with Crippen molar-refractivity contribution < 1.29 is 19.0 Å². The normalized spacial score (nSPS) is 14.8. The van der Waals surface area contributed by atoms with Crippen LogP contribution >= 0.6 is 0 Å². The quantitative estimate of drug-likeness (QED) is 0.686. The molecule has 0 aromatic heterocycles. The van der Waals surface area contributed by atoms with E-state index in [4.69, 9.17) is 5.11 Å². The van der Waals surface area contributed by atoms with E-state index < -0.39 is 18.6 Å². The van der Waals surface area contributed by atoms with Crippen molar-refractivity contribution in [3.8, 4) is 0 Å². The molecule has 0 aliphatic rings. The third-order valence-electron chi connectivity index (χ3n) is 2.99. The topological polar surface area (TPSA) is 52.5 Å². The minimum absolute atomic E-state index is 0.132. The Labute approximate surface area is 118 Å². The van der Waals surface area contributed by atoms with Gasteiger partial charge < -0.3 is 15.5 Å². The van der Waals surface area contributed by atoms with Gasteiger partial charge in [-0.2, -0.15) is 0 Å². The van der Waals surface area contributed by atoms with Crippen LogP contribution in [-0.2, 0) is 6.42 Å². The zero-order valence-electron chi connectivity index (χ0n) is 11.9. The molecule has 0 radical (unpaired) electrons. The molecule has 1 aromatic carbocycles. The average molecular weight is 287 g/mol. The number of halogens is 2. The molecule has 0 aliphatic heterocycles. The number of hydrogen-bond donors (Lipinski definition) is 3. The summed E-state index contributed by atoms with van der Waals surface area (Å²) in [6.45, 7) is 4.18. The Morgan fingerprint density at radius 1 is 1.05 bits per heavy atom. The molecule has 0 amide bonds. The number of hydrogen-bond acceptors (Lipinski definition) is 3. The second-order valence-electron chi connectivity index (χ2n) is 5.42. The van der Waals surface area contributed by atoms with Crippen LogP contribution in [0.15, 0.2) is 24.3 Å². The van der Waals surface area contributed by atoms with Crippen LogP contribution in [0.2, 0.25) is 0 Å². The van der Waals surface area contributed by atoms with Crippen molar-refractivity contribution in [2.45, 2.75) is 38.9 Å². The van der Waals surface area contributed by atoms with E-state index in [1.165, 1.54) is 5.56 Å². The number of benzene rings is 1. The van der Waals surface area contributed by atoms with Crippen LogP contribution in [0.25, 0.3) is 0 Å². The van der Waals surface area contributed by atoms with E-state index in [1.54, 1.807) is 0 Å². The summed E-state index contributed by atoms with van der Waals surface area (Å²) in [5.41, 5.74) is 1.94. The van der Waals surface area contributed by atoms with Crippen LogP contribution in [0, 0.1) is 5.92 Å². The Morgan fingerprint density at radius 2 is 1.65 bits per heavy atom. The number of aliphatic hydroxyl groups excluding tert-OH is 2. The van der Waals surface area contributed by atoms with Crippen molar-refractivity contribution in [1.29, 1.82) is 0 Å². The van der Waals surface area contributed by atoms with E-state index >= 15 is 0 Å². The lowest BCUT2D eigenvalue weighted by atomic mass is 10.0. The summed E-state index contributed by atoms with van der Waals surface area (Å²) in [4.78, 5) is 0. The van der Waals surface area contributed by atoms with Crippen molar-refractivity contribution in [2.75, 3.05) is 13.1 Å². The monoisotopic (exact) mass is 287 g/mol. The highest BCUT2D eigenvalue weighted by Crippen LogP contribution is 2.15. The van der Waals surface area contributed by atoms with Gasteiger partial charge in [0.25, 0.3) is 6.43 Å². The first kappa shape index (κ1) is 17.0. The minimum atomic E-state index is -2.77. The third kappa shape index (κ3) is 5.94. The predicted molar refractivity (Wildman–Crippen MR) is 74.8 cm³/mol. The minimum Gasteiger partial charge on any atom is -0.387 e. The summed E-state index contributed by atoms with van der Waals surface area (Å²) in [7, 11) is 0. The van der Waals surface area contributed by atoms with Gasteiger partial charge >= 0.3 is 0 Å². The number of nitrogens with one attached hydrogen (secondary N) is 1. The highest BCUT2D eigenvalue weighted by molar-refractivity contribution is 5.24.